The molecule has 1 saturated carbocycles. The van der Waals surface area contributed by atoms with Gasteiger partial charge in [0.25, 0.3) is 0 Å². The van der Waals surface area contributed by atoms with E-state index in [0.717, 1.165) is 11.3 Å². The predicted molar refractivity (Wildman–Crippen MR) is 128 cm³/mol. The molecule has 0 N–H and O–H groups in total. The molecule has 0 heterocycles. The van der Waals surface area contributed by atoms with Crippen LogP contribution in [0.15, 0.2) is 78.7 Å². The first-order chi connectivity index (χ1) is 14.6. The first-order valence-electron chi connectivity index (χ1n) is 9.90. The third-order valence-electron chi connectivity index (χ3n) is 7.23. The highest BCUT2D eigenvalue weighted by atomic mass is 79.9. The Kier molecular flexibility index (Phi) is 4.97. The molecule has 162 valence electrons. The second-order valence-electron chi connectivity index (χ2n) is 8.46. The summed E-state index contributed by atoms with van der Waals surface area (Å²) >= 11 is 15.6. The molecule has 0 amide bonds. The van der Waals surface area contributed by atoms with E-state index in [1.54, 1.807) is 48.5 Å². The molecular weight excluding hydrogens is 539 g/mol. The van der Waals surface area contributed by atoms with Gasteiger partial charge in [-0.1, -0.05) is 59.1 Å². The van der Waals surface area contributed by atoms with Gasteiger partial charge in [0.05, 0.1) is 20.6 Å². The van der Waals surface area contributed by atoms with Gasteiger partial charge in [-0.15, -0.1) is 0 Å². The van der Waals surface area contributed by atoms with Gasteiger partial charge >= 0.3 is 0 Å². The summed E-state index contributed by atoms with van der Waals surface area (Å²) in [5.41, 5.74) is -0.776. The number of allylic oxidation sites excluding steroid dienone is 4. The molecule has 3 aliphatic rings. The largest absolute Gasteiger partial charge is 0.249 e. The van der Waals surface area contributed by atoms with Crippen LogP contribution in [0.3, 0.4) is 0 Å². The molecule has 0 spiro atoms. The lowest BCUT2D eigenvalue weighted by atomic mass is 9.76. The summed E-state index contributed by atoms with van der Waals surface area (Å²) in [6.45, 7) is 4.15. The van der Waals surface area contributed by atoms with Crippen LogP contribution in [0.2, 0.25) is 10.0 Å². The molecule has 5 atom stereocenters. The van der Waals surface area contributed by atoms with Crippen molar-refractivity contribution in [1.29, 1.82) is 0 Å². The first-order valence-corrected chi connectivity index (χ1v) is 14.1. The minimum atomic E-state index is -3.72. The van der Waals surface area contributed by atoms with Crippen molar-refractivity contribution in [3.63, 3.8) is 0 Å². The summed E-state index contributed by atoms with van der Waals surface area (Å²) in [5.74, 6) is -0.244. The molecule has 0 bridgehead atoms. The SMILES string of the molecule is CCC12C3C(S(=O)c4ccc(Cl)cc4)=CC1(C)C(Br)=C(S(=O)(=O)c1ccc(Cl)cc1)C32. The number of rotatable bonds is 5. The van der Waals surface area contributed by atoms with Crippen LogP contribution in [-0.2, 0) is 20.6 Å². The summed E-state index contributed by atoms with van der Waals surface area (Å²) in [4.78, 5) is 2.14. The van der Waals surface area contributed by atoms with Crippen LogP contribution in [0.5, 0.6) is 0 Å². The van der Waals surface area contributed by atoms with Crippen LogP contribution >= 0.6 is 39.1 Å². The number of fused-ring (bicyclic) bond motifs is 1. The van der Waals surface area contributed by atoms with Crippen LogP contribution < -0.4 is 0 Å². The predicted octanol–water partition coefficient (Wildman–Crippen LogP) is 6.74. The highest BCUT2D eigenvalue weighted by Gasteiger charge is 2.82. The Labute approximate surface area is 203 Å². The Bertz CT molecular complexity index is 1300. The van der Waals surface area contributed by atoms with Gasteiger partial charge in [-0.25, -0.2) is 12.6 Å². The Morgan fingerprint density at radius 2 is 1.55 bits per heavy atom. The monoisotopic (exact) mass is 556 g/mol. The average molecular weight is 558 g/mol. The number of sulfone groups is 1. The fourth-order valence-corrected chi connectivity index (χ4v) is 10.8. The summed E-state index contributed by atoms with van der Waals surface area (Å²) in [7, 11) is -5.09. The zero-order valence-corrected chi connectivity index (χ0v) is 21.5. The maximum Gasteiger partial charge on any atom is 0.203 e. The van der Waals surface area contributed by atoms with E-state index in [-0.39, 0.29) is 22.1 Å². The smallest absolute Gasteiger partial charge is 0.203 e. The highest BCUT2D eigenvalue weighted by molar-refractivity contribution is 9.11. The molecule has 0 radical (unpaired) electrons. The van der Waals surface area contributed by atoms with Gasteiger partial charge in [-0.05, 0) is 60.4 Å². The second-order valence-corrected chi connectivity index (χ2v) is 13.5. The maximum absolute atomic E-state index is 13.7. The van der Waals surface area contributed by atoms with Gasteiger partial charge in [-0.3, -0.25) is 0 Å². The van der Waals surface area contributed by atoms with Gasteiger partial charge in [0.15, 0.2) is 0 Å². The maximum atomic E-state index is 13.7. The van der Waals surface area contributed by atoms with Gasteiger partial charge in [-0.2, -0.15) is 0 Å². The standard InChI is InChI=1S/C23H19BrCl2O3S2/c1-3-23-18-17(30(27)15-8-4-13(25)5-9-15)12-22(23,2)21(24)20(19(18)23)31(28,29)16-10-6-14(26)7-11-16/h4-12,18-19H,3H2,1-2H3. The van der Waals surface area contributed by atoms with Gasteiger partial charge in [0.2, 0.25) is 9.84 Å². The average Bonchev–Trinajstić information content (AvgIpc) is 3.28. The Balaban J connectivity index is 1.60. The van der Waals surface area contributed by atoms with Crippen molar-refractivity contribution in [2.45, 2.75) is 30.1 Å². The van der Waals surface area contributed by atoms with Crippen molar-refractivity contribution >= 4 is 59.8 Å². The molecule has 0 aliphatic heterocycles. The van der Waals surface area contributed by atoms with E-state index < -0.39 is 26.1 Å². The van der Waals surface area contributed by atoms with Crippen LogP contribution in [0.1, 0.15) is 20.3 Å². The number of halogens is 3. The van der Waals surface area contributed by atoms with E-state index in [4.69, 9.17) is 23.2 Å². The Morgan fingerprint density at radius 1 is 1.00 bits per heavy atom. The van der Waals surface area contributed by atoms with E-state index >= 15 is 0 Å². The van der Waals surface area contributed by atoms with E-state index in [9.17, 15) is 12.6 Å². The molecule has 1 fully saturated rings. The molecule has 3 nitrogen and oxygen atoms in total. The van der Waals surface area contributed by atoms with Gasteiger partial charge < -0.3 is 0 Å². The first kappa shape index (κ1) is 21.9. The number of hydrogen-bond acceptors (Lipinski definition) is 3. The normalized spacial score (nSPS) is 32.1. The molecule has 0 saturated heterocycles. The Hall–Kier alpha value is -0.920. The molecule has 0 aromatic heterocycles. The fourth-order valence-electron chi connectivity index (χ4n) is 5.75. The molecule has 5 unspecified atom stereocenters. The van der Waals surface area contributed by atoms with Crippen LogP contribution in [0.25, 0.3) is 0 Å². The highest BCUT2D eigenvalue weighted by Crippen LogP contribution is 2.86. The molecule has 2 aromatic carbocycles. The van der Waals surface area contributed by atoms with E-state index in [1.165, 1.54) is 0 Å². The number of hydrogen-bond donors (Lipinski definition) is 0. The number of benzene rings is 2. The van der Waals surface area contributed by atoms with Crippen molar-refractivity contribution in [1.82, 2.24) is 0 Å². The summed E-state index contributed by atoms with van der Waals surface area (Å²) in [6.07, 6.45) is 2.84. The van der Waals surface area contributed by atoms with Gasteiger partial charge in [0, 0.05) is 41.6 Å². The van der Waals surface area contributed by atoms with Crippen molar-refractivity contribution in [3.8, 4) is 0 Å². The lowest BCUT2D eigenvalue weighted by Gasteiger charge is -2.30. The molecule has 8 heteroatoms. The fraction of sp³-hybridized carbons (Fsp3) is 0.304. The zero-order valence-electron chi connectivity index (χ0n) is 16.7. The topological polar surface area (TPSA) is 51.2 Å². The zero-order chi connectivity index (χ0) is 22.3. The van der Waals surface area contributed by atoms with Gasteiger partial charge in [0.1, 0.15) is 0 Å². The van der Waals surface area contributed by atoms with E-state index in [0.29, 0.717) is 24.3 Å². The van der Waals surface area contributed by atoms with Crippen molar-refractivity contribution in [2.24, 2.45) is 22.7 Å². The third kappa shape index (κ3) is 2.75. The van der Waals surface area contributed by atoms with Crippen molar-refractivity contribution in [2.75, 3.05) is 0 Å². The summed E-state index contributed by atoms with van der Waals surface area (Å²) < 4.78 is 41.5. The Morgan fingerprint density at radius 3 is 2.06 bits per heavy atom. The molecule has 31 heavy (non-hydrogen) atoms. The lowest BCUT2D eigenvalue weighted by Crippen LogP contribution is -2.23. The summed E-state index contributed by atoms with van der Waals surface area (Å²) in [6, 6.07) is 13.3. The lowest BCUT2D eigenvalue weighted by molar-refractivity contribution is 0.286. The second kappa shape index (κ2) is 7.04. The molecule has 5 rings (SSSR count). The van der Waals surface area contributed by atoms with E-state index in [1.807, 2.05) is 6.08 Å². The van der Waals surface area contributed by atoms with Crippen LogP contribution in [0.4, 0.5) is 0 Å². The van der Waals surface area contributed by atoms with Crippen molar-refractivity contribution in [3.05, 3.63) is 78.9 Å². The molecule has 2 aromatic rings. The third-order valence-corrected chi connectivity index (χ3v) is 12.7. The van der Waals surface area contributed by atoms with Crippen LogP contribution in [-0.4, -0.2) is 12.6 Å². The summed E-state index contributed by atoms with van der Waals surface area (Å²) in [5, 5.41) is 1.07. The minimum absolute atomic E-state index is 0.0580. The van der Waals surface area contributed by atoms with Crippen molar-refractivity contribution < 1.29 is 12.6 Å². The van der Waals surface area contributed by atoms with Crippen LogP contribution in [0, 0.1) is 22.7 Å². The molecular formula is C23H19BrCl2O3S2. The quantitative estimate of drug-likeness (QED) is 0.409. The minimum Gasteiger partial charge on any atom is -0.249 e. The molecule has 3 aliphatic carbocycles. The van der Waals surface area contributed by atoms with E-state index in [2.05, 4.69) is 29.8 Å².